The third kappa shape index (κ3) is 2.90. The summed E-state index contributed by atoms with van der Waals surface area (Å²) in [7, 11) is 0. The van der Waals surface area contributed by atoms with Gasteiger partial charge >= 0.3 is 0 Å². The largest absolute Gasteiger partial charge is 0.424 e. The van der Waals surface area contributed by atoms with Crippen molar-refractivity contribution in [3.63, 3.8) is 0 Å². The number of hydrogen-bond acceptors (Lipinski definition) is 5. The molecule has 3 rings (SSSR count). The third-order valence-electron chi connectivity index (χ3n) is 2.88. The van der Waals surface area contributed by atoms with Gasteiger partial charge in [-0.05, 0) is 25.0 Å². The number of oxazole rings is 1. The molecule has 3 aromatic rings. The lowest BCUT2D eigenvalue weighted by molar-refractivity contribution is 0.593. The zero-order chi connectivity index (χ0) is 12.9. The second kappa shape index (κ2) is 5.51. The molecule has 98 valence electrons. The molecule has 0 unspecified atom stereocenters. The standard InChI is InChI=1S/C13H15N5O/c1-2-6-12-11(5-1)17-13(19-12)14-7-3-4-8-18-9-15-16-10-18/h1-2,5-6,9-10H,3-4,7-8H2,(H,14,17). The van der Waals surface area contributed by atoms with Gasteiger partial charge in [-0.2, -0.15) is 4.98 Å². The number of aryl methyl sites for hydroxylation is 1. The molecule has 0 radical (unpaired) electrons. The van der Waals surface area contributed by atoms with Gasteiger partial charge in [-0.15, -0.1) is 10.2 Å². The van der Waals surface area contributed by atoms with Gasteiger partial charge in [0.2, 0.25) is 0 Å². The van der Waals surface area contributed by atoms with E-state index in [9.17, 15) is 0 Å². The fraction of sp³-hybridized carbons (Fsp3) is 0.308. The number of para-hydroxylation sites is 2. The summed E-state index contributed by atoms with van der Waals surface area (Å²) in [6, 6.07) is 8.34. The Morgan fingerprint density at radius 2 is 1.95 bits per heavy atom. The number of benzene rings is 1. The van der Waals surface area contributed by atoms with E-state index in [1.165, 1.54) is 0 Å². The van der Waals surface area contributed by atoms with Gasteiger partial charge in [-0.25, -0.2) is 0 Å². The highest BCUT2D eigenvalue weighted by Crippen LogP contribution is 2.17. The highest BCUT2D eigenvalue weighted by Gasteiger charge is 2.03. The molecule has 0 amide bonds. The Bertz CT molecular complexity index is 598. The van der Waals surface area contributed by atoms with Crippen molar-refractivity contribution >= 4 is 17.1 Å². The summed E-state index contributed by atoms with van der Waals surface area (Å²) >= 11 is 0. The maximum Gasteiger partial charge on any atom is 0.295 e. The first-order chi connectivity index (χ1) is 9.42. The predicted octanol–water partition coefficient (Wildman–Crippen LogP) is 2.31. The molecule has 6 nitrogen and oxygen atoms in total. The number of nitrogens with one attached hydrogen (secondary N) is 1. The lowest BCUT2D eigenvalue weighted by Crippen LogP contribution is -2.03. The lowest BCUT2D eigenvalue weighted by atomic mass is 10.3. The van der Waals surface area contributed by atoms with Gasteiger partial charge in [0.15, 0.2) is 5.58 Å². The number of anilines is 1. The Hall–Kier alpha value is -2.37. The minimum Gasteiger partial charge on any atom is -0.424 e. The SMILES string of the molecule is c1ccc2oc(NCCCCn3cnnc3)nc2c1. The van der Waals surface area contributed by atoms with Crippen LogP contribution < -0.4 is 5.32 Å². The van der Waals surface area contributed by atoms with Crippen molar-refractivity contribution in [2.45, 2.75) is 19.4 Å². The van der Waals surface area contributed by atoms with Crippen molar-refractivity contribution in [3.8, 4) is 0 Å². The minimum atomic E-state index is 0.588. The van der Waals surface area contributed by atoms with Crippen LogP contribution in [0.5, 0.6) is 0 Å². The molecule has 0 saturated carbocycles. The topological polar surface area (TPSA) is 68.8 Å². The number of fused-ring (bicyclic) bond motifs is 1. The fourth-order valence-corrected chi connectivity index (χ4v) is 1.90. The third-order valence-corrected chi connectivity index (χ3v) is 2.88. The molecule has 0 aliphatic carbocycles. The highest BCUT2D eigenvalue weighted by atomic mass is 16.4. The number of hydrogen-bond donors (Lipinski definition) is 1. The van der Waals surface area contributed by atoms with Gasteiger partial charge < -0.3 is 14.3 Å². The van der Waals surface area contributed by atoms with Crippen LogP contribution in [0.15, 0.2) is 41.3 Å². The summed E-state index contributed by atoms with van der Waals surface area (Å²) in [6.45, 7) is 1.77. The minimum absolute atomic E-state index is 0.588. The normalized spacial score (nSPS) is 10.9. The zero-order valence-electron chi connectivity index (χ0n) is 10.5. The Kier molecular flexibility index (Phi) is 3.40. The van der Waals surface area contributed by atoms with Crippen LogP contribution in [0.4, 0.5) is 6.01 Å². The van der Waals surface area contributed by atoms with E-state index < -0.39 is 0 Å². The summed E-state index contributed by atoms with van der Waals surface area (Å²) in [5.74, 6) is 0. The van der Waals surface area contributed by atoms with E-state index in [0.29, 0.717) is 6.01 Å². The van der Waals surface area contributed by atoms with Crippen LogP contribution in [0, 0.1) is 0 Å². The molecule has 0 fully saturated rings. The van der Waals surface area contributed by atoms with E-state index in [2.05, 4.69) is 20.5 Å². The first-order valence-corrected chi connectivity index (χ1v) is 6.34. The van der Waals surface area contributed by atoms with Crippen molar-refractivity contribution in [2.24, 2.45) is 0 Å². The number of unbranched alkanes of at least 4 members (excludes halogenated alkanes) is 1. The first-order valence-electron chi connectivity index (χ1n) is 6.34. The number of aromatic nitrogens is 4. The van der Waals surface area contributed by atoms with Gasteiger partial charge in [-0.3, -0.25) is 0 Å². The summed E-state index contributed by atoms with van der Waals surface area (Å²) in [6.07, 6.45) is 5.56. The molecule has 1 N–H and O–H groups in total. The summed E-state index contributed by atoms with van der Waals surface area (Å²) in [5.41, 5.74) is 1.70. The fourth-order valence-electron chi connectivity index (χ4n) is 1.90. The molecule has 2 aromatic heterocycles. The molecule has 0 spiro atoms. The quantitative estimate of drug-likeness (QED) is 0.686. The smallest absolute Gasteiger partial charge is 0.295 e. The average Bonchev–Trinajstić information content (AvgIpc) is 3.06. The second-order valence-corrected chi connectivity index (χ2v) is 4.32. The van der Waals surface area contributed by atoms with E-state index in [4.69, 9.17) is 4.42 Å². The van der Waals surface area contributed by atoms with Crippen molar-refractivity contribution < 1.29 is 4.42 Å². The van der Waals surface area contributed by atoms with Gasteiger partial charge in [0, 0.05) is 13.1 Å². The van der Waals surface area contributed by atoms with Gasteiger partial charge in [0.05, 0.1) is 0 Å². The van der Waals surface area contributed by atoms with Crippen LogP contribution in [-0.4, -0.2) is 26.3 Å². The molecule has 0 atom stereocenters. The first kappa shape index (κ1) is 11.7. The molecule has 0 aliphatic heterocycles. The second-order valence-electron chi connectivity index (χ2n) is 4.32. The van der Waals surface area contributed by atoms with E-state index in [-0.39, 0.29) is 0 Å². The monoisotopic (exact) mass is 257 g/mol. The maximum absolute atomic E-state index is 5.57. The van der Waals surface area contributed by atoms with Crippen LogP contribution in [0.2, 0.25) is 0 Å². The van der Waals surface area contributed by atoms with Crippen molar-refractivity contribution in [1.82, 2.24) is 19.7 Å². The molecular weight excluding hydrogens is 242 g/mol. The van der Waals surface area contributed by atoms with E-state index >= 15 is 0 Å². The lowest BCUT2D eigenvalue weighted by Gasteiger charge is -2.02. The predicted molar refractivity (Wildman–Crippen MR) is 71.8 cm³/mol. The molecule has 0 aliphatic rings. The van der Waals surface area contributed by atoms with Gasteiger partial charge in [0.25, 0.3) is 6.01 Å². The van der Waals surface area contributed by atoms with Crippen LogP contribution in [0.25, 0.3) is 11.1 Å². The number of rotatable bonds is 6. The van der Waals surface area contributed by atoms with Crippen LogP contribution in [0.3, 0.4) is 0 Å². The molecule has 19 heavy (non-hydrogen) atoms. The van der Waals surface area contributed by atoms with Crippen LogP contribution in [-0.2, 0) is 6.54 Å². The molecule has 2 heterocycles. The zero-order valence-corrected chi connectivity index (χ0v) is 10.5. The maximum atomic E-state index is 5.57. The van der Waals surface area contributed by atoms with E-state index in [1.807, 2.05) is 28.8 Å². The molecule has 0 saturated heterocycles. The average molecular weight is 257 g/mol. The number of nitrogens with zero attached hydrogens (tertiary/aromatic N) is 4. The van der Waals surface area contributed by atoms with Crippen molar-refractivity contribution in [2.75, 3.05) is 11.9 Å². The Balaban J connectivity index is 1.44. The van der Waals surface area contributed by atoms with Crippen LogP contribution >= 0.6 is 0 Å². The Morgan fingerprint density at radius 3 is 2.79 bits per heavy atom. The Morgan fingerprint density at radius 1 is 1.11 bits per heavy atom. The molecule has 6 heteroatoms. The van der Waals surface area contributed by atoms with Gasteiger partial charge in [-0.1, -0.05) is 12.1 Å². The molecule has 0 bridgehead atoms. The van der Waals surface area contributed by atoms with Crippen molar-refractivity contribution in [1.29, 1.82) is 0 Å². The summed E-state index contributed by atoms with van der Waals surface area (Å²) in [4.78, 5) is 4.36. The van der Waals surface area contributed by atoms with E-state index in [0.717, 1.165) is 37.0 Å². The van der Waals surface area contributed by atoms with Gasteiger partial charge in [0.1, 0.15) is 18.2 Å². The summed E-state index contributed by atoms with van der Waals surface area (Å²) < 4.78 is 7.54. The molecular formula is C13H15N5O. The molecule has 1 aromatic carbocycles. The summed E-state index contributed by atoms with van der Waals surface area (Å²) in [5, 5.41) is 10.7. The van der Waals surface area contributed by atoms with E-state index in [1.54, 1.807) is 12.7 Å². The Labute approximate surface area is 110 Å². The van der Waals surface area contributed by atoms with Crippen molar-refractivity contribution in [3.05, 3.63) is 36.9 Å². The highest BCUT2D eigenvalue weighted by molar-refractivity contribution is 5.74. The van der Waals surface area contributed by atoms with Crippen LogP contribution in [0.1, 0.15) is 12.8 Å².